The van der Waals surface area contributed by atoms with Crippen molar-refractivity contribution in [1.29, 1.82) is 0 Å². The van der Waals surface area contributed by atoms with Gasteiger partial charge < -0.3 is 14.8 Å². The predicted octanol–water partition coefficient (Wildman–Crippen LogP) is 3.91. The Bertz CT molecular complexity index is 654. The summed E-state index contributed by atoms with van der Waals surface area (Å²) < 4.78 is 23.5. The second-order valence-corrected chi connectivity index (χ2v) is 6.60. The van der Waals surface area contributed by atoms with Gasteiger partial charge in [-0.15, -0.1) is 0 Å². The van der Waals surface area contributed by atoms with E-state index in [-0.39, 0.29) is 15.8 Å². The molecule has 1 amide bonds. The van der Waals surface area contributed by atoms with E-state index in [1.807, 2.05) is 0 Å². The third-order valence-corrected chi connectivity index (χ3v) is 3.73. The molecule has 0 saturated heterocycles. The van der Waals surface area contributed by atoms with Crippen molar-refractivity contribution < 1.29 is 23.5 Å². The minimum atomic E-state index is -0.844. The molecule has 25 heavy (non-hydrogen) atoms. The van der Waals surface area contributed by atoms with Gasteiger partial charge in [-0.25, -0.2) is 9.18 Å². The second kappa shape index (κ2) is 9.06. The standard InChI is InChI=1S/C17H20Cl2FNO4/c1-5-13(25-10-8-11(18)15(20)12(19)9-10)16(23)21-17(2,3)7-6-14(22)24-4/h6-9,13H,5H2,1-4H3,(H,21,23)/b7-6+/t13-/m1/s1. The van der Waals surface area contributed by atoms with Gasteiger partial charge in [0, 0.05) is 18.2 Å². The van der Waals surface area contributed by atoms with Crippen LogP contribution in [0.5, 0.6) is 5.75 Å². The van der Waals surface area contributed by atoms with E-state index in [2.05, 4.69) is 10.1 Å². The van der Waals surface area contributed by atoms with E-state index in [0.717, 1.165) is 0 Å². The lowest BCUT2D eigenvalue weighted by atomic mass is 10.0. The average molecular weight is 392 g/mol. The normalized spacial score (nSPS) is 12.8. The number of carbonyl (C=O) groups is 2. The van der Waals surface area contributed by atoms with Crippen molar-refractivity contribution in [3.63, 3.8) is 0 Å². The molecular weight excluding hydrogens is 372 g/mol. The maximum absolute atomic E-state index is 13.4. The van der Waals surface area contributed by atoms with Crippen LogP contribution in [0.4, 0.5) is 4.39 Å². The fraction of sp³-hybridized carbons (Fsp3) is 0.412. The largest absolute Gasteiger partial charge is 0.481 e. The Kier molecular flexibility index (Phi) is 7.70. The van der Waals surface area contributed by atoms with Crippen molar-refractivity contribution in [1.82, 2.24) is 5.32 Å². The number of ether oxygens (including phenoxy) is 2. The van der Waals surface area contributed by atoms with Crippen molar-refractivity contribution in [2.24, 2.45) is 0 Å². The molecule has 138 valence electrons. The number of carbonyl (C=O) groups excluding carboxylic acids is 2. The van der Waals surface area contributed by atoms with E-state index in [1.165, 1.54) is 31.4 Å². The Balaban J connectivity index is 2.84. The Labute approximate surface area is 156 Å². The van der Waals surface area contributed by atoms with Gasteiger partial charge in [-0.2, -0.15) is 0 Å². The topological polar surface area (TPSA) is 64.6 Å². The summed E-state index contributed by atoms with van der Waals surface area (Å²) >= 11 is 11.4. The van der Waals surface area contributed by atoms with E-state index in [4.69, 9.17) is 27.9 Å². The number of amides is 1. The number of benzene rings is 1. The number of esters is 1. The van der Waals surface area contributed by atoms with Gasteiger partial charge in [-0.3, -0.25) is 4.79 Å². The molecule has 0 unspecified atom stereocenters. The van der Waals surface area contributed by atoms with Crippen molar-refractivity contribution >= 4 is 35.1 Å². The van der Waals surface area contributed by atoms with Crippen LogP contribution in [0.15, 0.2) is 24.3 Å². The van der Waals surface area contributed by atoms with E-state index in [1.54, 1.807) is 20.8 Å². The Morgan fingerprint density at radius 1 is 1.32 bits per heavy atom. The van der Waals surface area contributed by atoms with Crippen LogP contribution in [0.1, 0.15) is 27.2 Å². The fourth-order valence-electron chi connectivity index (χ4n) is 1.87. The van der Waals surface area contributed by atoms with Gasteiger partial charge in [0.1, 0.15) is 5.75 Å². The first-order valence-electron chi connectivity index (χ1n) is 7.50. The summed E-state index contributed by atoms with van der Waals surface area (Å²) in [6, 6.07) is 2.50. The molecule has 0 radical (unpaired) electrons. The van der Waals surface area contributed by atoms with Gasteiger partial charge >= 0.3 is 5.97 Å². The molecule has 0 aliphatic rings. The summed E-state index contributed by atoms with van der Waals surface area (Å²) in [7, 11) is 1.26. The van der Waals surface area contributed by atoms with Crippen LogP contribution < -0.4 is 10.1 Å². The monoisotopic (exact) mass is 391 g/mol. The first-order valence-corrected chi connectivity index (χ1v) is 8.25. The van der Waals surface area contributed by atoms with Crippen molar-refractivity contribution in [3.8, 4) is 5.75 Å². The van der Waals surface area contributed by atoms with Crippen molar-refractivity contribution in [3.05, 3.63) is 40.1 Å². The molecule has 0 aliphatic carbocycles. The number of rotatable bonds is 7. The lowest BCUT2D eigenvalue weighted by molar-refractivity contribution is -0.135. The van der Waals surface area contributed by atoms with Gasteiger partial charge in [0.25, 0.3) is 5.91 Å². The summed E-state index contributed by atoms with van der Waals surface area (Å²) in [4.78, 5) is 23.6. The van der Waals surface area contributed by atoms with Crippen LogP contribution in [0, 0.1) is 5.82 Å². The molecule has 0 heterocycles. The molecule has 0 aromatic heterocycles. The Morgan fingerprint density at radius 3 is 2.36 bits per heavy atom. The third-order valence-electron chi connectivity index (χ3n) is 3.18. The molecule has 1 N–H and O–H groups in total. The quantitative estimate of drug-likeness (QED) is 0.434. The van der Waals surface area contributed by atoms with E-state index >= 15 is 0 Å². The van der Waals surface area contributed by atoms with Gasteiger partial charge in [-0.1, -0.05) is 36.2 Å². The van der Waals surface area contributed by atoms with E-state index in [9.17, 15) is 14.0 Å². The van der Waals surface area contributed by atoms with Crippen LogP contribution in [-0.4, -0.2) is 30.6 Å². The molecular formula is C17H20Cl2FNO4. The summed E-state index contributed by atoms with van der Waals surface area (Å²) in [6.45, 7) is 5.18. The second-order valence-electron chi connectivity index (χ2n) is 5.78. The van der Waals surface area contributed by atoms with Crippen LogP contribution >= 0.6 is 23.2 Å². The highest BCUT2D eigenvalue weighted by molar-refractivity contribution is 6.35. The number of methoxy groups -OCH3 is 1. The average Bonchev–Trinajstić information content (AvgIpc) is 2.54. The number of nitrogens with one attached hydrogen (secondary N) is 1. The minimum Gasteiger partial charge on any atom is -0.481 e. The van der Waals surface area contributed by atoms with Crippen LogP contribution in [0.2, 0.25) is 10.0 Å². The van der Waals surface area contributed by atoms with E-state index in [0.29, 0.717) is 6.42 Å². The SMILES string of the molecule is CC[C@@H](Oc1cc(Cl)c(F)c(Cl)c1)C(=O)NC(C)(C)/C=C/C(=O)OC. The molecule has 8 heteroatoms. The first kappa shape index (κ1) is 21.3. The summed E-state index contributed by atoms with van der Waals surface area (Å²) in [5.74, 6) is -1.50. The zero-order valence-corrected chi connectivity index (χ0v) is 15.9. The highest BCUT2D eigenvalue weighted by atomic mass is 35.5. The fourth-order valence-corrected chi connectivity index (χ4v) is 2.34. The van der Waals surface area contributed by atoms with Crippen LogP contribution in [-0.2, 0) is 14.3 Å². The summed E-state index contributed by atoms with van der Waals surface area (Å²) in [5.41, 5.74) is -0.805. The van der Waals surface area contributed by atoms with Crippen LogP contribution in [0.25, 0.3) is 0 Å². The lowest BCUT2D eigenvalue weighted by Gasteiger charge is -2.26. The molecule has 1 atom stereocenters. The van der Waals surface area contributed by atoms with E-state index < -0.39 is 29.3 Å². The van der Waals surface area contributed by atoms with Gasteiger partial charge in [0.2, 0.25) is 0 Å². The molecule has 0 bridgehead atoms. The molecule has 1 rings (SSSR count). The maximum atomic E-state index is 13.4. The zero-order chi connectivity index (χ0) is 19.2. The lowest BCUT2D eigenvalue weighted by Crippen LogP contribution is -2.48. The summed E-state index contributed by atoms with van der Waals surface area (Å²) in [5, 5.41) is 2.36. The number of halogens is 3. The molecule has 5 nitrogen and oxygen atoms in total. The molecule has 1 aromatic rings. The van der Waals surface area contributed by atoms with Gasteiger partial charge in [0.15, 0.2) is 11.9 Å². The number of hydrogen-bond acceptors (Lipinski definition) is 4. The summed E-state index contributed by atoms with van der Waals surface area (Å²) in [6.07, 6.45) is 2.25. The first-order chi connectivity index (χ1) is 11.6. The smallest absolute Gasteiger partial charge is 0.330 e. The Hall–Kier alpha value is -1.79. The Morgan fingerprint density at radius 2 is 1.88 bits per heavy atom. The predicted molar refractivity (Wildman–Crippen MR) is 94.5 cm³/mol. The van der Waals surface area contributed by atoms with Crippen molar-refractivity contribution in [2.75, 3.05) is 7.11 Å². The molecule has 0 saturated carbocycles. The zero-order valence-electron chi connectivity index (χ0n) is 14.4. The molecule has 0 fully saturated rings. The van der Waals surface area contributed by atoms with Gasteiger partial charge in [-0.05, 0) is 20.3 Å². The van der Waals surface area contributed by atoms with Crippen molar-refractivity contribution in [2.45, 2.75) is 38.8 Å². The molecule has 0 spiro atoms. The van der Waals surface area contributed by atoms with Gasteiger partial charge in [0.05, 0.1) is 22.7 Å². The highest BCUT2D eigenvalue weighted by Gasteiger charge is 2.25. The highest BCUT2D eigenvalue weighted by Crippen LogP contribution is 2.29. The maximum Gasteiger partial charge on any atom is 0.330 e. The van der Waals surface area contributed by atoms with Crippen LogP contribution in [0.3, 0.4) is 0 Å². The molecule has 1 aromatic carbocycles. The third kappa shape index (κ3) is 6.55. The minimum absolute atomic E-state index is 0.182. The molecule has 0 aliphatic heterocycles. The number of hydrogen-bond donors (Lipinski definition) is 1.